The summed E-state index contributed by atoms with van der Waals surface area (Å²) in [5.74, 6) is 2.25. The first-order chi connectivity index (χ1) is 10.2. The Morgan fingerprint density at radius 2 is 2.00 bits per heavy atom. The van der Waals surface area contributed by atoms with E-state index in [9.17, 15) is 0 Å². The van der Waals surface area contributed by atoms with E-state index in [1.54, 1.807) is 0 Å². The molecule has 4 heteroatoms. The van der Waals surface area contributed by atoms with Crippen LogP contribution in [0.5, 0.6) is 0 Å². The minimum Gasteiger partial charge on any atom is -0.309 e. The molecule has 0 saturated heterocycles. The van der Waals surface area contributed by atoms with Crippen LogP contribution in [0.4, 0.5) is 0 Å². The summed E-state index contributed by atoms with van der Waals surface area (Å²) < 4.78 is 0. The van der Waals surface area contributed by atoms with Crippen LogP contribution in [0.15, 0.2) is 42.5 Å². The monoisotopic (exact) mass is 337 g/mol. The van der Waals surface area contributed by atoms with E-state index in [-0.39, 0.29) is 0 Å². The predicted molar refractivity (Wildman–Crippen MR) is 93.5 cm³/mol. The molecule has 0 bridgehead atoms. The van der Waals surface area contributed by atoms with Gasteiger partial charge in [0.2, 0.25) is 0 Å². The van der Waals surface area contributed by atoms with Gasteiger partial charge in [-0.3, -0.25) is 0 Å². The number of hydrogen-bond acceptors (Lipinski definition) is 2. The molecule has 1 nitrogen and oxygen atoms in total. The lowest BCUT2D eigenvalue weighted by molar-refractivity contribution is 0.577. The third-order valence-corrected chi connectivity index (χ3v) is 5.44. The number of hydrogen-bond donors (Lipinski definition) is 1. The van der Waals surface area contributed by atoms with Crippen LogP contribution in [0, 0.1) is 0 Å². The van der Waals surface area contributed by atoms with E-state index in [0.717, 1.165) is 35.1 Å². The third-order valence-electron chi connectivity index (χ3n) is 3.77. The SMILES string of the molecule is Clc1ccc(CCNC2CSCc3ccccc32)c(Cl)c1. The third kappa shape index (κ3) is 3.75. The van der Waals surface area contributed by atoms with Gasteiger partial charge in [-0.25, -0.2) is 0 Å². The normalized spacial score (nSPS) is 17.5. The number of nitrogens with one attached hydrogen (secondary N) is 1. The molecular formula is C17H17Cl2NS. The van der Waals surface area contributed by atoms with Gasteiger partial charge in [-0.15, -0.1) is 0 Å². The van der Waals surface area contributed by atoms with Crippen molar-refractivity contribution in [2.24, 2.45) is 0 Å². The Hall–Kier alpha value is -0.670. The summed E-state index contributed by atoms with van der Waals surface area (Å²) in [5.41, 5.74) is 4.04. The average molecular weight is 338 g/mol. The highest BCUT2D eigenvalue weighted by molar-refractivity contribution is 7.98. The molecular weight excluding hydrogens is 321 g/mol. The summed E-state index contributed by atoms with van der Waals surface area (Å²) in [4.78, 5) is 0. The smallest absolute Gasteiger partial charge is 0.0453 e. The van der Waals surface area contributed by atoms with E-state index in [2.05, 4.69) is 29.6 Å². The van der Waals surface area contributed by atoms with Crippen LogP contribution in [-0.2, 0) is 12.2 Å². The summed E-state index contributed by atoms with van der Waals surface area (Å²) >= 11 is 14.1. The Morgan fingerprint density at radius 1 is 1.14 bits per heavy atom. The largest absolute Gasteiger partial charge is 0.309 e. The van der Waals surface area contributed by atoms with Crippen LogP contribution in [0.2, 0.25) is 10.0 Å². The zero-order valence-corrected chi connectivity index (χ0v) is 13.9. The van der Waals surface area contributed by atoms with Crippen LogP contribution >= 0.6 is 35.0 Å². The van der Waals surface area contributed by atoms with Gasteiger partial charge in [-0.1, -0.05) is 53.5 Å². The number of benzene rings is 2. The average Bonchev–Trinajstić information content (AvgIpc) is 2.50. The second-order valence-corrected chi connectivity index (χ2v) is 7.08. The first-order valence-electron chi connectivity index (χ1n) is 7.07. The van der Waals surface area contributed by atoms with Crippen molar-refractivity contribution >= 4 is 35.0 Å². The molecule has 1 aliphatic heterocycles. The Morgan fingerprint density at radius 3 is 2.86 bits per heavy atom. The topological polar surface area (TPSA) is 12.0 Å². The minimum absolute atomic E-state index is 0.436. The van der Waals surface area contributed by atoms with Crippen molar-refractivity contribution in [2.75, 3.05) is 12.3 Å². The van der Waals surface area contributed by atoms with Crippen molar-refractivity contribution in [3.05, 3.63) is 69.2 Å². The molecule has 3 rings (SSSR count). The van der Waals surface area contributed by atoms with Gasteiger partial charge in [0, 0.05) is 27.6 Å². The Balaban J connectivity index is 1.61. The fourth-order valence-corrected chi connectivity index (χ4v) is 4.29. The predicted octanol–water partition coefficient (Wildman–Crippen LogP) is 5.11. The standard InChI is InChI=1S/C17H17Cl2NS/c18-14-6-5-12(16(19)9-14)7-8-20-17-11-21-10-13-3-1-2-4-15(13)17/h1-6,9,17,20H,7-8,10-11H2. The molecule has 0 aromatic heterocycles. The zero-order valence-electron chi connectivity index (χ0n) is 11.6. The molecule has 1 unspecified atom stereocenters. The van der Waals surface area contributed by atoms with Crippen LogP contribution < -0.4 is 5.32 Å². The molecule has 1 N–H and O–H groups in total. The second-order valence-electron chi connectivity index (χ2n) is 5.21. The van der Waals surface area contributed by atoms with Crippen LogP contribution in [-0.4, -0.2) is 12.3 Å². The maximum absolute atomic E-state index is 6.22. The molecule has 0 aliphatic carbocycles. The first kappa shape index (κ1) is 15.2. The van der Waals surface area contributed by atoms with E-state index >= 15 is 0 Å². The molecule has 1 aliphatic rings. The molecule has 0 spiro atoms. The van der Waals surface area contributed by atoms with Gasteiger partial charge in [-0.05, 0) is 41.8 Å². The quantitative estimate of drug-likeness (QED) is 0.831. The summed E-state index contributed by atoms with van der Waals surface area (Å²) in [5, 5.41) is 5.10. The van der Waals surface area contributed by atoms with Crippen molar-refractivity contribution in [2.45, 2.75) is 18.2 Å². The Kier molecular flexibility index (Phi) is 5.12. The highest BCUT2D eigenvalue weighted by atomic mass is 35.5. The lowest BCUT2D eigenvalue weighted by Gasteiger charge is -2.26. The molecule has 2 aromatic carbocycles. The van der Waals surface area contributed by atoms with Crippen LogP contribution in [0.25, 0.3) is 0 Å². The van der Waals surface area contributed by atoms with Gasteiger partial charge in [0.1, 0.15) is 0 Å². The van der Waals surface area contributed by atoms with Gasteiger partial charge >= 0.3 is 0 Å². The highest BCUT2D eigenvalue weighted by Crippen LogP contribution is 2.31. The fraction of sp³-hybridized carbons (Fsp3) is 0.294. The fourth-order valence-electron chi connectivity index (χ4n) is 2.66. The first-order valence-corrected chi connectivity index (χ1v) is 8.98. The van der Waals surface area contributed by atoms with Crippen molar-refractivity contribution in [1.82, 2.24) is 5.32 Å². The van der Waals surface area contributed by atoms with Crippen molar-refractivity contribution < 1.29 is 0 Å². The van der Waals surface area contributed by atoms with Crippen molar-refractivity contribution in [3.8, 4) is 0 Å². The maximum Gasteiger partial charge on any atom is 0.0453 e. The molecule has 1 heterocycles. The summed E-state index contributed by atoms with van der Waals surface area (Å²) in [6, 6.07) is 14.9. The van der Waals surface area contributed by atoms with E-state index in [1.807, 2.05) is 30.0 Å². The Labute approximate surface area is 140 Å². The molecule has 1 atom stereocenters. The number of rotatable bonds is 4. The Bertz CT molecular complexity index is 630. The second kappa shape index (κ2) is 7.06. The zero-order chi connectivity index (χ0) is 14.7. The van der Waals surface area contributed by atoms with E-state index in [4.69, 9.17) is 23.2 Å². The number of thioether (sulfide) groups is 1. The van der Waals surface area contributed by atoms with Gasteiger partial charge < -0.3 is 5.32 Å². The van der Waals surface area contributed by atoms with Gasteiger partial charge in [-0.2, -0.15) is 11.8 Å². The van der Waals surface area contributed by atoms with Crippen molar-refractivity contribution in [3.63, 3.8) is 0 Å². The highest BCUT2D eigenvalue weighted by Gasteiger charge is 2.19. The lowest BCUT2D eigenvalue weighted by Crippen LogP contribution is -2.28. The molecule has 0 amide bonds. The summed E-state index contributed by atoms with van der Waals surface area (Å²) in [7, 11) is 0. The molecule has 2 aromatic rings. The molecule has 21 heavy (non-hydrogen) atoms. The van der Waals surface area contributed by atoms with Gasteiger partial charge in [0.15, 0.2) is 0 Å². The number of halogens is 2. The van der Waals surface area contributed by atoms with E-state index in [1.165, 1.54) is 11.1 Å². The van der Waals surface area contributed by atoms with Crippen LogP contribution in [0.3, 0.4) is 0 Å². The van der Waals surface area contributed by atoms with Crippen molar-refractivity contribution in [1.29, 1.82) is 0 Å². The van der Waals surface area contributed by atoms with E-state index in [0.29, 0.717) is 11.1 Å². The lowest BCUT2D eigenvalue weighted by atomic mass is 10.0. The molecule has 0 fully saturated rings. The van der Waals surface area contributed by atoms with Gasteiger partial charge in [0.25, 0.3) is 0 Å². The summed E-state index contributed by atoms with van der Waals surface area (Å²) in [6.45, 7) is 0.918. The molecule has 110 valence electrons. The van der Waals surface area contributed by atoms with E-state index < -0.39 is 0 Å². The molecule has 0 saturated carbocycles. The number of fused-ring (bicyclic) bond motifs is 1. The minimum atomic E-state index is 0.436. The van der Waals surface area contributed by atoms with Crippen LogP contribution in [0.1, 0.15) is 22.7 Å². The maximum atomic E-state index is 6.22. The molecule has 0 radical (unpaired) electrons. The summed E-state index contributed by atoms with van der Waals surface area (Å²) in [6.07, 6.45) is 0.916. The van der Waals surface area contributed by atoms with Gasteiger partial charge in [0.05, 0.1) is 0 Å².